The Hall–Kier alpha value is -3.34. The molecule has 4 aromatic rings. The Morgan fingerprint density at radius 3 is 2.47 bits per heavy atom. The van der Waals surface area contributed by atoms with Crippen LogP contribution in [0.2, 0.25) is 5.02 Å². The van der Waals surface area contributed by atoms with Gasteiger partial charge < -0.3 is 9.73 Å². The quantitative estimate of drug-likeness (QED) is 0.309. The molecule has 0 saturated heterocycles. The Morgan fingerprint density at radius 2 is 1.74 bits per heavy atom. The number of nitrogens with one attached hydrogen (secondary N) is 2. The highest BCUT2D eigenvalue weighted by atomic mass is 35.5. The molecule has 8 nitrogen and oxygen atoms in total. The second kappa shape index (κ2) is 10.3. The summed E-state index contributed by atoms with van der Waals surface area (Å²) in [5.74, 6) is 0.101. The third-order valence-corrected chi connectivity index (χ3v) is 7.34. The first kappa shape index (κ1) is 23.8. The molecule has 174 valence electrons. The van der Waals surface area contributed by atoms with Crippen molar-refractivity contribution in [1.29, 1.82) is 0 Å². The molecule has 34 heavy (non-hydrogen) atoms. The smallest absolute Gasteiger partial charge is 0.277 e. The lowest BCUT2D eigenvalue weighted by Crippen LogP contribution is -2.14. The Balaban J connectivity index is 1.35. The van der Waals surface area contributed by atoms with Crippen LogP contribution < -0.4 is 10.0 Å². The number of thioether (sulfide) groups is 1. The van der Waals surface area contributed by atoms with Gasteiger partial charge in [0, 0.05) is 22.0 Å². The number of amides is 1. The fourth-order valence-electron chi connectivity index (χ4n) is 2.94. The molecule has 0 spiro atoms. The summed E-state index contributed by atoms with van der Waals surface area (Å²) < 4.78 is 33.0. The molecule has 1 heterocycles. The first-order valence-corrected chi connectivity index (χ1v) is 12.9. The van der Waals surface area contributed by atoms with Crippen molar-refractivity contribution in [3.05, 3.63) is 83.4 Å². The highest BCUT2D eigenvalue weighted by Gasteiger charge is 2.15. The number of halogens is 1. The van der Waals surface area contributed by atoms with Gasteiger partial charge in [0.15, 0.2) is 0 Å². The molecule has 0 unspecified atom stereocenters. The normalized spacial score (nSPS) is 11.2. The van der Waals surface area contributed by atoms with Crippen LogP contribution in [0, 0.1) is 6.92 Å². The summed E-state index contributed by atoms with van der Waals surface area (Å²) in [6, 6.07) is 19.9. The molecule has 3 aromatic carbocycles. The summed E-state index contributed by atoms with van der Waals surface area (Å²) in [7, 11) is -3.68. The lowest BCUT2D eigenvalue weighted by Gasteiger charge is -2.08. The van der Waals surface area contributed by atoms with Gasteiger partial charge in [-0.3, -0.25) is 9.52 Å². The van der Waals surface area contributed by atoms with E-state index in [4.69, 9.17) is 16.0 Å². The van der Waals surface area contributed by atoms with E-state index in [1.165, 1.54) is 12.1 Å². The van der Waals surface area contributed by atoms with Crippen molar-refractivity contribution in [3.8, 4) is 11.5 Å². The molecule has 0 aliphatic rings. The van der Waals surface area contributed by atoms with E-state index in [2.05, 4.69) is 20.2 Å². The molecule has 0 aliphatic heterocycles. The van der Waals surface area contributed by atoms with Gasteiger partial charge in [-0.25, -0.2) is 8.42 Å². The minimum atomic E-state index is -3.68. The second-order valence-electron chi connectivity index (χ2n) is 7.12. The van der Waals surface area contributed by atoms with E-state index in [9.17, 15) is 13.2 Å². The monoisotopic (exact) mass is 514 g/mol. The molecule has 0 fully saturated rings. The molecule has 11 heteroatoms. The van der Waals surface area contributed by atoms with Gasteiger partial charge in [-0.1, -0.05) is 47.6 Å². The van der Waals surface area contributed by atoms with E-state index >= 15 is 0 Å². The van der Waals surface area contributed by atoms with Crippen LogP contribution in [0.4, 0.5) is 11.4 Å². The molecule has 2 N–H and O–H groups in total. The van der Waals surface area contributed by atoms with Gasteiger partial charge in [0.1, 0.15) is 0 Å². The highest BCUT2D eigenvalue weighted by Crippen LogP contribution is 2.26. The lowest BCUT2D eigenvalue weighted by atomic mass is 10.2. The van der Waals surface area contributed by atoms with Gasteiger partial charge in [0.25, 0.3) is 15.2 Å². The van der Waals surface area contributed by atoms with Crippen LogP contribution in [-0.4, -0.2) is 30.3 Å². The van der Waals surface area contributed by atoms with Gasteiger partial charge in [-0.15, -0.1) is 10.2 Å². The zero-order valence-corrected chi connectivity index (χ0v) is 20.2. The molecular formula is C23H19ClN4O4S2. The van der Waals surface area contributed by atoms with Crippen molar-refractivity contribution in [2.75, 3.05) is 15.8 Å². The number of carbonyl (C=O) groups is 1. The van der Waals surface area contributed by atoms with Crippen molar-refractivity contribution >= 4 is 50.7 Å². The van der Waals surface area contributed by atoms with Crippen molar-refractivity contribution < 1.29 is 17.6 Å². The number of benzene rings is 3. The zero-order chi connectivity index (χ0) is 24.1. The van der Waals surface area contributed by atoms with Crippen molar-refractivity contribution in [2.45, 2.75) is 17.0 Å². The fourth-order valence-corrected chi connectivity index (χ4v) is 4.75. The second-order valence-corrected chi connectivity index (χ2v) is 10.1. The van der Waals surface area contributed by atoms with E-state index in [1.807, 2.05) is 6.92 Å². The van der Waals surface area contributed by atoms with Crippen LogP contribution in [0.1, 0.15) is 5.56 Å². The van der Waals surface area contributed by atoms with Crippen LogP contribution in [0.5, 0.6) is 0 Å². The number of nitrogens with zero attached hydrogens (tertiary/aromatic N) is 2. The van der Waals surface area contributed by atoms with Crippen LogP contribution >= 0.6 is 23.4 Å². The third-order valence-electron chi connectivity index (χ3n) is 4.71. The van der Waals surface area contributed by atoms with E-state index in [0.29, 0.717) is 22.0 Å². The number of carbonyl (C=O) groups excluding carboxylic acids is 1. The van der Waals surface area contributed by atoms with E-state index in [0.717, 1.165) is 17.3 Å². The number of sulfonamides is 1. The van der Waals surface area contributed by atoms with E-state index in [1.54, 1.807) is 60.7 Å². The largest absolute Gasteiger partial charge is 0.411 e. The topological polar surface area (TPSA) is 114 Å². The summed E-state index contributed by atoms with van der Waals surface area (Å²) in [6.07, 6.45) is 0. The predicted octanol–water partition coefficient (Wildman–Crippen LogP) is 5.23. The first-order valence-electron chi connectivity index (χ1n) is 10.0. The molecule has 1 aromatic heterocycles. The molecule has 0 radical (unpaired) electrons. The van der Waals surface area contributed by atoms with Crippen molar-refractivity contribution in [2.24, 2.45) is 0 Å². The van der Waals surface area contributed by atoms with Gasteiger partial charge in [0.05, 0.1) is 10.6 Å². The summed E-state index contributed by atoms with van der Waals surface area (Å²) in [5.41, 5.74) is 2.44. The maximum atomic E-state index is 12.4. The zero-order valence-electron chi connectivity index (χ0n) is 17.9. The SMILES string of the molecule is Cc1c(Cl)cccc1NC(=O)CSc1nnc(-c2ccc(NS(=O)(=O)c3ccccc3)cc2)o1. The van der Waals surface area contributed by atoms with Crippen LogP contribution in [0.25, 0.3) is 11.5 Å². The fraction of sp³-hybridized carbons (Fsp3) is 0.0870. The lowest BCUT2D eigenvalue weighted by molar-refractivity contribution is -0.113. The molecule has 0 atom stereocenters. The maximum Gasteiger partial charge on any atom is 0.277 e. The average molecular weight is 515 g/mol. The number of aromatic nitrogens is 2. The van der Waals surface area contributed by atoms with Gasteiger partial charge in [-0.05, 0) is 61.0 Å². The van der Waals surface area contributed by atoms with Crippen LogP contribution in [-0.2, 0) is 14.8 Å². The molecule has 0 saturated carbocycles. The standard InChI is InChI=1S/C23H19ClN4O4S2/c1-15-19(24)8-5-9-20(15)25-21(29)14-33-23-27-26-22(32-23)16-10-12-17(13-11-16)28-34(30,31)18-6-3-2-4-7-18/h2-13,28H,14H2,1H3,(H,25,29). The first-order chi connectivity index (χ1) is 16.3. The Bertz CT molecular complexity index is 1410. The van der Waals surface area contributed by atoms with Gasteiger partial charge in [-0.2, -0.15) is 0 Å². The van der Waals surface area contributed by atoms with Crippen molar-refractivity contribution in [1.82, 2.24) is 10.2 Å². The van der Waals surface area contributed by atoms with E-state index in [-0.39, 0.29) is 27.7 Å². The summed E-state index contributed by atoms with van der Waals surface area (Å²) in [5, 5.41) is 11.6. The Labute approximate surface area is 205 Å². The molecule has 0 bridgehead atoms. The third kappa shape index (κ3) is 5.77. The summed E-state index contributed by atoms with van der Waals surface area (Å²) in [4.78, 5) is 12.4. The minimum absolute atomic E-state index is 0.0772. The number of hydrogen-bond acceptors (Lipinski definition) is 7. The van der Waals surface area contributed by atoms with Crippen LogP contribution in [0.15, 0.2) is 87.3 Å². The highest BCUT2D eigenvalue weighted by molar-refractivity contribution is 7.99. The summed E-state index contributed by atoms with van der Waals surface area (Å²) in [6.45, 7) is 1.83. The van der Waals surface area contributed by atoms with E-state index < -0.39 is 10.0 Å². The molecule has 0 aliphatic carbocycles. The number of rotatable bonds is 8. The molecule has 1 amide bonds. The molecule has 4 rings (SSSR count). The van der Waals surface area contributed by atoms with Crippen molar-refractivity contribution in [3.63, 3.8) is 0 Å². The number of hydrogen-bond donors (Lipinski definition) is 2. The van der Waals surface area contributed by atoms with Gasteiger partial charge >= 0.3 is 0 Å². The number of anilines is 2. The Kier molecular flexibility index (Phi) is 7.20. The Morgan fingerprint density at radius 1 is 1.00 bits per heavy atom. The van der Waals surface area contributed by atoms with Crippen LogP contribution in [0.3, 0.4) is 0 Å². The minimum Gasteiger partial charge on any atom is -0.411 e. The predicted molar refractivity (Wildman–Crippen MR) is 133 cm³/mol. The maximum absolute atomic E-state index is 12.4. The van der Waals surface area contributed by atoms with Gasteiger partial charge in [0.2, 0.25) is 11.8 Å². The summed E-state index contributed by atoms with van der Waals surface area (Å²) >= 11 is 7.18. The molecular weight excluding hydrogens is 496 g/mol. The average Bonchev–Trinajstić information content (AvgIpc) is 3.31.